The van der Waals surface area contributed by atoms with Crippen LogP contribution in [0.2, 0.25) is 0 Å². The van der Waals surface area contributed by atoms with Gasteiger partial charge in [-0.3, -0.25) is 9.80 Å². The first-order valence-corrected chi connectivity index (χ1v) is 11.8. The van der Waals surface area contributed by atoms with Crippen LogP contribution in [0.5, 0.6) is 5.75 Å². The predicted molar refractivity (Wildman–Crippen MR) is 122 cm³/mol. The van der Waals surface area contributed by atoms with E-state index >= 15 is 0 Å². The summed E-state index contributed by atoms with van der Waals surface area (Å²) < 4.78 is 46.2. The van der Waals surface area contributed by atoms with E-state index in [0.717, 1.165) is 53.6 Å². The van der Waals surface area contributed by atoms with Gasteiger partial charge in [-0.2, -0.15) is 13.2 Å². The third-order valence-corrected chi connectivity index (χ3v) is 6.94. The lowest BCUT2D eigenvalue weighted by Gasteiger charge is -2.42. The van der Waals surface area contributed by atoms with Crippen LogP contribution < -0.4 is 4.74 Å². The summed E-state index contributed by atoms with van der Waals surface area (Å²) in [6.07, 6.45) is -2.55. The number of ether oxygens (including phenoxy) is 1. The number of benzene rings is 2. The molecule has 2 aromatic carbocycles. The Kier molecular flexibility index (Phi) is 7.31. The molecule has 4 rings (SSSR count). The molecular formula is C26H33F3N2O2. The molecule has 2 aromatic rings. The summed E-state index contributed by atoms with van der Waals surface area (Å²) in [5.74, 6) is 1.53. The van der Waals surface area contributed by atoms with Crippen molar-refractivity contribution in [1.82, 2.24) is 9.80 Å². The standard InChI is InChI=1S/C26H33F3N2O2/c1-3-19-14-30(15-19)10-11-33-23-7-5-21(6-8-23)25-24-9-4-20(16-32)13-22(24)12-18(2)31(25)17-26(27,28)29/h4-9,13,18-19,25,32H,3,10-12,14-17H2,1-2H3/t18-,25-/m1/s1. The van der Waals surface area contributed by atoms with Crippen LogP contribution in [0.4, 0.5) is 13.2 Å². The average molecular weight is 463 g/mol. The molecule has 4 nitrogen and oxygen atoms in total. The fourth-order valence-electron chi connectivity index (χ4n) is 5.05. The Labute approximate surface area is 194 Å². The smallest absolute Gasteiger partial charge is 0.401 e. The minimum Gasteiger partial charge on any atom is -0.492 e. The Morgan fingerprint density at radius 3 is 2.45 bits per heavy atom. The molecule has 0 radical (unpaired) electrons. The minimum atomic E-state index is -4.29. The highest BCUT2D eigenvalue weighted by atomic mass is 19.4. The number of hydrogen-bond acceptors (Lipinski definition) is 4. The van der Waals surface area contributed by atoms with Crippen molar-refractivity contribution in [1.29, 1.82) is 0 Å². The van der Waals surface area contributed by atoms with Crippen LogP contribution in [-0.4, -0.2) is 59.9 Å². The van der Waals surface area contributed by atoms with Crippen molar-refractivity contribution in [2.45, 2.75) is 51.6 Å². The molecule has 7 heteroatoms. The van der Waals surface area contributed by atoms with Crippen molar-refractivity contribution in [3.05, 3.63) is 64.7 Å². The van der Waals surface area contributed by atoms with E-state index in [-0.39, 0.29) is 12.6 Å². The van der Waals surface area contributed by atoms with E-state index in [4.69, 9.17) is 4.74 Å². The van der Waals surface area contributed by atoms with Gasteiger partial charge in [0.1, 0.15) is 12.4 Å². The summed E-state index contributed by atoms with van der Waals surface area (Å²) >= 11 is 0. The summed E-state index contributed by atoms with van der Waals surface area (Å²) in [5, 5.41) is 9.50. The third-order valence-electron chi connectivity index (χ3n) is 6.94. The van der Waals surface area contributed by atoms with Crippen LogP contribution in [0.1, 0.15) is 48.6 Å². The molecule has 2 aliphatic rings. The zero-order valence-electron chi connectivity index (χ0n) is 19.3. The van der Waals surface area contributed by atoms with E-state index < -0.39 is 18.8 Å². The van der Waals surface area contributed by atoms with Crippen LogP contribution in [0, 0.1) is 5.92 Å². The molecule has 0 saturated carbocycles. The Morgan fingerprint density at radius 2 is 1.82 bits per heavy atom. The fraction of sp³-hybridized carbons (Fsp3) is 0.538. The Bertz CT molecular complexity index is 926. The maximum Gasteiger partial charge on any atom is 0.401 e. The van der Waals surface area contributed by atoms with Crippen LogP contribution >= 0.6 is 0 Å². The summed E-state index contributed by atoms with van der Waals surface area (Å²) in [6, 6.07) is 12.3. The number of fused-ring (bicyclic) bond motifs is 1. The maximum absolute atomic E-state index is 13.4. The van der Waals surface area contributed by atoms with Crippen LogP contribution in [0.15, 0.2) is 42.5 Å². The van der Waals surface area contributed by atoms with Gasteiger partial charge in [0.25, 0.3) is 0 Å². The average Bonchev–Trinajstić information content (AvgIpc) is 2.75. The number of halogens is 3. The molecule has 0 aliphatic carbocycles. The molecule has 33 heavy (non-hydrogen) atoms. The molecule has 180 valence electrons. The first-order chi connectivity index (χ1) is 15.8. The van der Waals surface area contributed by atoms with E-state index in [1.165, 1.54) is 11.3 Å². The van der Waals surface area contributed by atoms with Gasteiger partial charge in [-0.05, 0) is 53.6 Å². The van der Waals surface area contributed by atoms with Crippen molar-refractivity contribution < 1.29 is 23.0 Å². The number of likely N-dealkylation sites (tertiary alicyclic amines) is 1. The highest BCUT2D eigenvalue weighted by Gasteiger charge is 2.40. The lowest BCUT2D eigenvalue weighted by molar-refractivity contribution is -0.155. The van der Waals surface area contributed by atoms with Gasteiger partial charge >= 0.3 is 6.18 Å². The third kappa shape index (κ3) is 5.70. The van der Waals surface area contributed by atoms with Gasteiger partial charge in [-0.1, -0.05) is 43.7 Å². The van der Waals surface area contributed by atoms with Gasteiger partial charge in [-0.15, -0.1) is 0 Å². The molecule has 2 atom stereocenters. The maximum atomic E-state index is 13.4. The predicted octanol–water partition coefficient (Wildman–Crippen LogP) is 4.80. The summed E-state index contributed by atoms with van der Waals surface area (Å²) in [5.41, 5.74) is 3.45. The van der Waals surface area contributed by atoms with Gasteiger partial charge in [0.2, 0.25) is 0 Å². The van der Waals surface area contributed by atoms with E-state index in [0.29, 0.717) is 13.0 Å². The summed E-state index contributed by atoms with van der Waals surface area (Å²) in [4.78, 5) is 3.91. The highest BCUT2D eigenvalue weighted by molar-refractivity contribution is 5.43. The first kappa shape index (κ1) is 24.0. The van der Waals surface area contributed by atoms with E-state index in [2.05, 4.69) is 11.8 Å². The summed E-state index contributed by atoms with van der Waals surface area (Å²) in [6.45, 7) is 6.75. The molecule has 0 bridgehead atoms. The molecular weight excluding hydrogens is 429 g/mol. The zero-order chi connectivity index (χ0) is 23.6. The number of nitrogens with zero attached hydrogens (tertiary/aromatic N) is 2. The van der Waals surface area contributed by atoms with Crippen molar-refractivity contribution in [2.75, 3.05) is 32.8 Å². The fourth-order valence-corrected chi connectivity index (χ4v) is 5.05. The normalized spacial score (nSPS) is 22.1. The van der Waals surface area contributed by atoms with Crippen LogP contribution in [0.25, 0.3) is 0 Å². The molecule has 0 aromatic heterocycles. The van der Waals surface area contributed by atoms with E-state index in [9.17, 15) is 18.3 Å². The van der Waals surface area contributed by atoms with Crippen molar-refractivity contribution in [2.24, 2.45) is 5.92 Å². The Hall–Kier alpha value is -2.09. The molecule has 0 spiro atoms. The summed E-state index contributed by atoms with van der Waals surface area (Å²) in [7, 11) is 0. The van der Waals surface area contributed by atoms with E-state index in [1.54, 1.807) is 6.07 Å². The molecule has 1 N–H and O–H groups in total. The Morgan fingerprint density at radius 1 is 1.09 bits per heavy atom. The quantitative estimate of drug-likeness (QED) is 0.612. The minimum absolute atomic E-state index is 0.0822. The number of alkyl halides is 3. The zero-order valence-corrected chi connectivity index (χ0v) is 19.3. The highest BCUT2D eigenvalue weighted by Crippen LogP contribution is 2.40. The van der Waals surface area contributed by atoms with Crippen molar-refractivity contribution in [3.63, 3.8) is 0 Å². The van der Waals surface area contributed by atoms with Gasteiger partial charge in [0.05, 0.1) is 19.2 Å². The molecule has 0 amide bonds. The van der Waals surface area contributed by atoms with Gasteiger partial charge in [0, 0.05) is 25.7 Å². The number of aliphatic hydroxyl groups excluding tert-OH is 1. The Balaban J connectivity index is 1.51. The van der Waals surface area contributed by atoms with Gasteiger partial charge in [0.15, 0.2) is 0 Å². The van der Waals surface area contributed by atoms with Gasteiger partial charge in [-0.25, -0.2) is 0 Å². The second-order valence-electron chi connectivity index (χ2n) is 9.39. The first-order valence-electron chi connectivity index (χ1n) is 11.8. The van der Waals surface area contributed by atoms with Crippen molar-refractivity contribution >= 4 is 0 Å². The molecule has 2 aliphatic heterocycles. The number of rotatable bonds is 8. The van der Waals surface area contributed by atoms with Crippen LogP contribution in [-0.2, 0) is 13.0 Å². The second kappa shape index (κ2) is 10.0. The molecule has 0 unspecified atom stereocenters. The van der Waals surface area contributed by atoms with Crippen LogP contribution in [0.3, 0.4) is 0 Å². The lowest BCUT2D eigenvalue weighted by Crippen LogP contribution is -2.47. The number of hydrogen-bond donors (Lipinski definition) is 1. The monoisotopic (exact) mass is 462 g/mol. The molecule has 1 saturated heterocycles. The topological polar surface area (TPSA) is 35.9 Å². The number of aliphatic hydroxyl groups is 1. The molecule has 2 heterocycles. The largest absolute Gasteiger partial charge is 0.492 e. The lowest BCUT2D eigenvalue weighted by atomic mass is 9.84. The van der Waals surface area contributed by atoms with Gasteiger partial charge < -0.3 is 9.84 Å². The SMILES string of the molecule is CCC1CN(CCOc2ccc([C@@H]3c4ccc(CO)cc4C[C@@H](C)N3CC(F)(F)F)cc2)C1. The van der Waals surface area contributed by atoms with Crippen molar-refractivity contribution in [3.8, 4) is 5.75 Å². The van der Waals surface area contributed by atoms with E-state index in [1.807, 2.05) is 43.3 Å². The second-order valence-corrected chi connectivity index (χ2v) is 9.39. The molecule has 1 fully saturated rings.